The molecule has 0 aromatic heterocycles. The molecule has 19 heavy (non-hydrogen) atoms. The molecule has 3 N–H and O–H groups in total. The molecule has 5 heteroatoms. The van der Waals surface area contributed by atoms with E-state index >= 15 is 0 Å². The highest BCUT2D eigenvalue weighted by Crippen LogP contribution is 2.46. The average molecular weight is 278 g/mol. The second kappa shape index (κ2) is 4.42. The van der Waals surface area contributed by atoms with E-state index in [2.05, 4.69) is 28.8 Å². The molecule has 1 aromatic rings. The molecule has 0 bridgehead atoms. The number of anilines is 1. The van der Waals surface area contributed by atoms with E-state index in [0.717, 1.165) is 13.0 Å². The number of carboxylic acids is 1. The number of hydrogen-bond donors (Lipinski definition) is 3. The van der Waals surface area contributed by atoms with Gasteiger partial charge in [0, 0.05) is 17.0 Å². The quantitative estimate of drug-likeness (QED) is 0.774. The molecule has 2 atom stereocenters. The van der Waals surface area contributed by atoms with Crippen LogP contribution >= 0.6 is 11.8 Å². The average Bonchev–Trinajstić information content (AvgIpc) is 2.91. The van der Waals surface area contributed by atoms with Gasteiger partial charge in [-0.15, -0.1) is 11.8 Å². The number of benzene rings is 1. The zero-order chi connectivity index (χ0) is 13.6. The number of aliphatic carboxylic acids is 1. The van der Waals surface area contributed by atoms with E-state index in [1.807, 2.05) is 13.8 Å². The molecule has 0 saturated carbocycles. The summed E-state index contributed by atoms with van der Waals surface area (Å²) in [5, 5.41) is 15.9. The molecule has 0 spiro atoms. The van der Waals surface area contributed by atoms with Crippen molar-refractivity contribution in [1.29, 1.82) is 0 Å². The van der Waals surface area contributed by atoms with Crippen LogP contribution < -0.4 is 10.6 Å². The number of rotatable bonds is 2. The van der Waals surface area contributed by atoms with E-state index in [0.29, 0.717) is 0 Å². The predicted molar refractivity (Wildman–Crippen MR) is 77.6 cm³/mol. The second-order valence-electron chi connectivity index (χ2n) is 5.63. The molecule has 0 amide bonds. The lowest BCUT2D eigenvalue weighted by molar-refractivity contribution is -0.139. The largest absolute Gasteiger partial charge is 0.480 e. The fourth-order valence-electron chi connectivity index (χ4n) is 2.78. The third-order valence-electron chi connectivity index (χ3n) is 3.82. The molecule has 2 aliphatic heterocycles. The predicted octanol–water partition coefficient (Wildman–Crippen LogP) is 2.22. The zero-order valence-corrected chi connectivity index (χ0v) is 11.9. The smallest absolute Gasteiger partial charge is 0.322 e. The summed E-state index contributed by atoms with van der Waals surface area (Å²) in [7, 11) is 0. The fraction of sp³-hybridized carbons (Fsp3) is 0.500. The fourth-order valence-corrected chi connectivity index (χ4v) is 4.18. The van der Waals surface area contributed by atoms with Crippen molar-refractivity contribution in [3.05, 3.63) is 29.3 Å². The Labute approximate surface area is 117 Å². The maximum Gasteiger partial charge on any atom is 0.322 e. The highest BCUT2D eigenvalue weighted by Gasteiger charge is 2.45. The summed E-state index contributed by atoms with van der Waals surface area (Å²) in [6.45, 7) is 4.96. The van der Waals surface area contributed by atoms with Crippen molar-refractivity contribution in [2.24, 2.45) is 0 Å². The summed E-state index contributed by atoms with van der Waals surface area (Å²) in [5.74, 6) is -0.775. The molecule has 2 aliphatic rings. The maximum atomic E-state index is 11.3. The molecule has 102 valence electrons. The van der Waals surface area contributed by atoms with Gasteiger partial charge in [-0.05, 0) is 37.5 Å². The van der Waals surface area contributed by atoms with Crippen LogP contribution in [0.3, 0.4) is 0 Å². The minimum Gasteiger partial charge on any atom is -0.480 e. The Morgan fingerprint density at radius 3 is 2.95 bits per heavy atom. The van der Waals surface area contributed by atoms with Crippen molar-refractivity contribution in [3.8, 4) is 0 Å². The van der Waals surface area contributed by atoms with Crippen LogP contribution in [0.25, 0.3) is 0 Å². The van der Waals surface area contributed by atoms with Gasteiger partial charge in [-0.1, -0.05) is 12.1 Å². The van der Waals surface area contributed by atoms with Gasteiger partial charge in [0.05, 0.1) is 5.37 Å². The van der Waals surface area contributed by atoms with E-state index in [1.165, 1.54) is 16.8 Å². The molecule has 0 radical (unpaired) electrons. The van der Waals surface area contributed by atoms with Crippen LogP contribution in [0.2, 0.25) is 0 Å². The standard InChI is InChI=1S/C14H18N2O2S/c1-14(2)11(13(17)18)16-12(19-14)9-3-4-10-8(7-9)5-6-15-10/h3-4,7,11-12,15-16H,5-6H2,1-2H3,(H,17,18)/t11-,12?/m0/s1. The Balaban J connectivity index is 1.86. The van der Waals surface area contributed by atoms with Gasteiger partial charge in [-0.25, -0.2) is 0 Å². The number of carboxylic acid groups (broad SMARTS) is 1. The van der Waals surface area contributed by atoms with Crippen molar-refractivity contribution in [2.75, 3.05) is 11.9 Å². The molecule has 0 aliphatic carbocycles. The van der Waals surface area contributed by atoms with E-state index in [-0.39, 0.29) is 10.1 Å². The van der Waals surface area contributed by atoms with Gasteiger partial charge in [0.1, 0.15) is 6.04 Å². The molecule has 1 aromatic carbocycles. The van der Waals surface area contributed by atoms with Crippen molar-refractivity contribution in [1.82, 2.24) is 5.32 Å². The van der Waals surface area contributed by atoms with E-state index in [9.17, 15) is 9.90 Å². The minimum atomic E-state index is -0.775. The highest BCUT2D eigenvalue weighted by molar-refractivity contribution is 8.01. The Morgan fingerprint density at radius 2 is 2.26 bits per heavy atom. The summed E-state index contributed by atoms with van der Waals surface area (Å²) >= 11 is 1.69. The Bertz CT molecular complexity index is 530. The monoisotopic (exact) mass is 278 g/mol. The van der Waals surface area contributed by atoms with Crippen molar-refractivity contribution in [2.45, 2.75) is 36.4 Å². The van der Waals surface area contributed by atoms with Gasteiger partial charge in [0.2, 0.25) is 0 Å². The lowest BCUT2D eigenvalue weighted by atomic mass is 10.0. The van der Waals surface area contributed by atoms with Gasteiger partial charge in [-0.2, -0.15) is 0 Å². The SMILES string of the molecule is CC1(C)SC(c2ccc3c(c2)CCN3)N[C@H]1C(=O)O. The number of nitrogens with one attached hydrogen (secondary N) is 2. The van der Waals surface area contributed by atoms with Crippen LogP contribution in [0.4, 0.5) is 5.69 Å². The summed E-state index contributed by atoms with van der Waals surface area (Å²) in [5.41, 5.74) is 3.71. The lowest BCUT2D eigenvalue weighted by Crippen LogP contribution is -2.43. The normalized spacial score (nSPS) is 27.9. The first-order valence-corrected chi connectivity index (χ1v) is 7.39. The summed E-state index contributed by atoms with van der Waals surface area (Å²) in [6, 6.07) is 5.87. The second-order valence-corrected chi connectivity index (χ2v) is 7.39. The van der Waals surface area contributed by atoms with Gasteiger partial charge >= 0.3 is 5.97 Å². The van der Waals surface area contributed by atoms with Crippen LogP contribution in [0, 0.1) is 0 Å². The molecular weight excluding hydrogens is 260 g/mol. The third kappa shape index (κ3) is 2.21. The number of hydrogen-bond acceptors (Lipinski definition) is 4. The lowest BCUT2D eigenvalue weighted by Gasteiger charge is -2.20. The van der Waals surface area contributed by atoms with Gasteiger partial charge in [0.25, 0.3) is 0 Å². The first-order valence-electron chi connectivity index (χ1n) is 6.51. The van der Waals surface area contributed by atoms with Gasteiger partial charge in [-0.3, -0.25) is 10.1 Å². The number of thioether (sulfide) groups is 1. The molecule has 3 rings (SSSR count). The first kappa shape index (κ1) is 12.8. The number of fused-ring (bicyclic) bond motifs is 1. The zero-order valence-electron chi connectivity index (χ0n) is 11.1. The van der Waals surface area contributed by atoms with Crippen LogP contribution in [-0.4, -0.2) is 28.4 Å². The van der Waals surface area contributed by atoms with Crippen LogP contribution in [0.1, 0.15) is 30.3 Å². The van der Waals surface area contributed by atoms with Crippen molar-refractivity contribution >= 4 is 23.4 Å². The minimum absolute atomic E-state index is 0.0574. The molecular formula is C14H18N2O2S. The third-order valence-corrected chi connectivity index (χ3v) is 5.31. The van der Waals surface area contributed by atoms with Crippen molar-refractivity contribution < 1.29 is 9.90 Å². The molecule has 1 unspecified atom stereocenters. The Hall–Kier alpha value is -1.20. The maximum absolute atomic E-state index is 11.3. The molecule has 1 fully saturated rings. The van der Waals surface area contributed by atoms with Gasteiger partial charge < -0.3 is 10.4 Å². The highest BCUT2D eigenvalue weighted by atomic mass is 32.2. The van der Waals surface area contributed by atoms with E-state index in [4.69, 9.17) is 0 Å². The molecule has 1 saturated heterocycles. The van der Waals surface area contributed by atoms with Crippen LogP contribution in [0.15, 0.2) is 18.2 Å². The Morgan fingerprint density at radius 1 is 1.47 bits per heavy atom. The number of carbonyl (C=O) groups is 1. The topological polar surface area (TPSA) is 61.4 Å². The summed E-state index contributed by atoms with van der Waals surface area (Å²) in [6.07, 6.45) is 1.05. The van der Waals surface area contributed by atoms with Gasteiger partial charge in [0.15, 0.2) is 0 Å². The molecule has 4 nitrogen and oxygen atoms in total. The summed E-state index contributed by atoms with van der Waals surface area (Å²) < 4.78 is -0.298. The van der Waals surface area contributed by atoms with Crippen LogP contribution in [0.5, 0.6) is 0 Å². The van der Waals surface area contributed by atoms with Crippen molar-refractivity contribution in [3.63, 3.8) is 0 Å². The first-order chi connectivity index (χ1) is 8.97. The Kier molecular flexibility index (Phi) is 2.98. The molecule has 2 heterocycles. The summed E-state index contributed by atoms with van der Waals surface area (Å²) in [4.78, 5) is 11.3. The van der Waals surface area contributed by atoms with Crippen LogP contribution in [-0.2, 0) is 11.2 Å². The van der Waals surface area contributed by atoms with E-state index in [1.54, 1.807) is 11.8 Å². The van der Waals surface area contributed by atoms with E-state index < -0.39 is 12.0 Å².